The number of fused-ring (bicyclic) bond motifs is 2. The summed E-state index contributed by atoms with van der Waals surface area (Å²) in [4.78, 5) is 4.63. The molecule has 0 unspecified atom stereocenters. The molecule has 4 nitrogen and oxygen atoms in total. The van der Waals surface area contributed by atoms with Crippen LogP contribution in [0.1, 0.15) is 4.88 Å². The second kappa shape index (κ2) is 6.39. The summed E-state index contributed by atoms with van der Waals surface area (Å²) in [6.45, 7) is 0.0580. The highest BCUT2D eigenvalue weighted by Gasteiger charge is 2.19. The van der Waals surface area contributed by atoms with Gasteiger partial charge in [-0.2, -0.15) is 0 Å². The van der Waals surface area contributed by atoms with Gasteiger partial charge in [-0.05, 0) is 53.9 Å². The number of benzene rings is 2. The molecule has 0 saturated carbocycles. The average molecular weight is 390 g/mol. The largest absolute Gasteiger partial charge is 0.253 e. The minimum absolute atomic E-state index is 0.00714. The van der Waals surface area contributed by atoms with Gasteiger partial charge in [-0.15, -0.1) is 11.3 Å². The number of hydrogen-bond donors (Lipinski definition) is 1. The van der Waals surface area contributed by atoms with Crippen LogP contribution in [-0.2, 0) is 16.6 Å². The molecule has 26 heavy (non-hydrogen) atoms. The molecule has 4 aromatic rings. The van der Waals surface area contributed by atoms with Crippen molar-refractivity contribution in [1.29, 1.82) is 0 Å². The highest BCUT2D eigenvalue weighted by Crippen LogP contribution is 2.27. The number of nitrogens with one attached hydrogen (secondary N) is 1. The number of halogens is 2. The minimum atomic E-state index is -3.87. The molecule has 0 aliphatic rings. The van der Waals surface area contributed by atoms with Gasteiger partial charge in [0.25, 0.3) is 0 Å². The van der Waals surface area contributed by atoms with Crippen LogP contribution in [0.2, 0.25) is 0 Å². The van der Waals surface area contributed by atoms with Crippen molar-refractivity contribution < 1.29 is 17.2 Å². The maximum atomic E-state index is 13.8. The fourth-order valence-electron chi connectivity index (χ4n) is 2.75. The minimum Gasteiger partial charge on any atom is -0.253 e. The Balaban J connectivity index is 1.66. The third-order valence-corrected chi connectivity index (χ3v) is 6.51. The van der Waals surface area contributed by atoms with E-state index in [4.69, 9.17) is 0 Å². The summed E-state index contributed by atoms with van der Waals surface area (Å²) < 4.78 is 55.9. The predicted octanol–water partition coefficient (Wildman–Crippen LogP) is 4.21. The Morgan fingerprint density at radius 2 is 1.92 bits per heavy atom. The van der Waals surface area contributed by atoms with Crippen molar-refractivity contribution in [2.45, 2.75) is 11.4 Å². The number of nitrogens with zero attached hydrogens (tertiary/aromatic N) is 1. The Labute approximate surface area is 152 Å². The third-order valence-electron chi connectivity index (χ3n) is 3.94. The maximum absolute atomic E-state index is 13.8. The summed E-state index contributed by atoms with van der Waals surface area (Å²) in [6.07, 6.45) is 1.41. The van der Waals surface area contributed by atoms with Crippen LogP contribution in [0.4, 0.5) is 8.78 Å². The number of aromatic nitrogens is 1. The number of pyridine rings is 1. The molecular formula is C18H12F2N2O2S2. The number of rotatable bonds is 4. The van der Waals surface area contributed by atoms with Crippen LogP contribution in [0.15, 0.2) is 59.6 Å². The molecule has 0 amide bonds. The van der Waals surface area contributed by atoms with Crippen molar-refractivity contribution in [2.24, 2.45) is 0 Å². The van der Waals surface area contributed by atoms with Crippen LogP contribution in [0.25, 0.3) is 21.0 Å². The van der Waals surface area contributed by atoms with Crippen LogP contribution in [0.5, 0.6) is 0 Å². The lowest BCUT2D eigenvalue weighted by atomic mass is 10.2. The SMILES string of the molecule is O=S(=O)(NCc1cc2cc(F)ccc2s1)c1ccc(F)c2ncccc12. The van der Waals surface area contributed by atoms with Gasteiger partial charge < -0.3 is 0 Å². The summed E-state index contributed by atoms with van der Waals surface area (Å²) >= 11 is 1.38. The van der Waals surface area contributed by atoms with E-state index in [-0.39, 0.29) is 28.2 Å². The molecule has 4 rings (SSSR count). The van der Waals surface area contributed by atoms with E-state index in [0.29, 0.717) is 0 Å². The van der Waals surface area contributed by atoms with E-state index in [1.165, 1.54) is 41.8 Å². The first-order valence-electron chi connectivity index (χ1n) is 7.65. The van der Waals surface area contributed by atoms with Crippen LogP contribution >= 0.6 is 11.3 Å². The standard InChI is InChI=1S/C18H12F2N2O2S2/c19-12-3-5-16-11(8-12)9-13(25-16)10-22-26(23,24)17-6-4-15(20)18-14(17)2-1-7-21-18/h1-9,22H,10H2. The van der Waals surface area contributed by atoms with Crippen molar-refractivity contribution in [1.82, 2.24) is 9.71 Å². The predicted molar refractivity (Wildman–Crippen MR) is 97.5 cm³/mol. The van der Waals surface area contributed by atoms with E-state index >= 15 is 0 Å². The van der Waals surface area contributed by atoms with Gasteiger partial charge in [0, 0.05) is 27.7 Å². The molecule has 0 aliphatic carbocycles. The van der Waals surface area contributed by atoms with Crippen LogP contribution < -0.4 is 4.72 Å². The first-order chi connectivity index (χ1) is 12.4. The summed E-state index contributed by atoms with van der Waals surface area (Å²) in [5, 5.41) is 0.944. The third kappa shape index (κ3) is 3.07. The van der Waals surface area contributed by atoms with Gasteiger partial charge in [0.2, 0.25) is 10.0 Å². The fourth-order valence-corrected chi connectivity index (χ4v) is 5.02. The van der Waals surface area contributed by atoms with Crippen molar-refractivity contribution in [3.8, 4) is 0 Å². The zero-order valence-corrected chi connectivity index (χ0v) is 14.9. The Morgan fingerprint density at radius 3 is 2.77 bits per heavy atom. The van der Waals surface area contributed by atoms with Gasteiger partial charge in [-0.3, -0.25) is 4.98 Å². The Hall–Kier alpha value is -2.42. The molecule has 132 valence electrons. The van der Waals surface area contributed by atoms with Crippen molar-refractivity contribution >= 4 is 42.3 Å². The highest BCUT2D eigenvalue weighted by molar-refractivity contribution is 7.89. The summed E-state index contributed by atoms with van der Waals surface area (Å²) in [5.41, 5.74) is 0.00714. The van der Waals surface area contributed by atoms with Gasteiger partial charge in [-0.25, -0.2) is 21.9 Å². The van der Waals surface area contributed by atoms with Gasteiger partial charge in [-0.1, -0.05) is 0 Å². The van der Waals surface area contributed by atoms with Crippen LogP contribution in [0.3, 0.4) is 0 Å². The van der Waals surface area contributed by atoms with E-state index in [9.17, 15) is 17.2 Å². The van der Waals surface area contributed by atoms with E-state index in [2.05, 4.69) is 9.71 Å². The molecule has 0 atom stereocenters. The number of hydrogen-bond acceptors (Lipinski definition) is 4. The van der Waals surface area contributed by atoms with Crippen molar-refractivity contribution in [3.05, 3.63) is 71.2 Å². The lowest BCUT2D eigenvalue weighted by molar-refractivity contribution is 0.582. The molecule has 0 aliphatic heterocycles. The molecular weight excluding hydrogens is 378 g/mol. The van der Waals surface area contributed by atoms with Gasteiger partial charge in [0.1, 0.15) is 17.2 Å². The molecule has 0 saturated heterocycles. The Bertz CT molecular complexity index is 1240. The summed E-state index contributed by atoms with van der Waals surface area (Å²) in [5.74, 6) is -0.918. The van der Waals surface area contributed by atoms with Gasteiger partial charge >= 0.3 is 0 Å². The van der Waals surface area contributed by atoms with Crippen LogP contribution in [0, 0.1) is 11.6 Å². The fraction of sp³-hybridized carbons (Fsp3) is 0.0556. The lowest BCUT2D eigenvalue weighted by Crippen LogP contribution is -2.23. The smallest absolute Gasteiger partial charge is 0.241 e. The first kappa shape index (κ1) is 17.0. The normalized spacial score (nSPS) is 12.1. The summed E-state index contributed by atoms with van der Waals surface area (Å²) in [6, 6.07) is 11.6. The second-order valence-electron chi connectivity index (χ2n) is 5.66. The first-order valence-corrected chi connectivity index (χ1v) is 9.95. The molecule has 1 N–H and O–H groups in total. The molecule has 0 spiro atoms. The van der Waals surface area contributed by atoms with E-state index in [0.717, 1.165) is 21.0 Å². The monoisotopic (exact) mass is 390 g/mol. The maximum Gasteiger partial charge on any atom is 0.241 e. The van der Waals surface area contributed by atoms with Crippen molar-refractivity contribution in [2.75, 3.05) is 0 Å². The van der Waals surface area contributed by atoms with E-state index in [1.807, 2.05) is 0 Å². The molecule has 2 heterocycles. The van der Waals surface area contributed by atoms with Crippen molar-refractivity contribution in [3.63, 3.8) is 0 Å². The lowest BCUT2D eigenvalue weighted by Gasteiger charge is -2.09. The summed E-state index contributed by atoms with van der Waals surface area (Å²) in [7, 11) is -3.87. The molecule has 2 aromatic heterocycles. The Kier molecular flexibility index (Phi) is 4.18. The topological polar surface area (TPSA) is 59.1 Å². The van der Waals surface area contributed by atoms with Gasteiger partial charge in [0.15, 0.2) is 0 Å². The zero-order chi connectivity index (χ0) is 18.3. The molecule has 8 heteroatoms. The van der Waals surface area contributed by atoms with E-state index < -0.39 is 15.8 Å². The molecule has 2 aromatic carbocycles. The second-order valence-corrected chi connectivity index (χ2v) is 8.57. The van der Waals surface area contributed by atoms with E-state index in [1.54, 1.807) is 18.2 Å². The zero-order valence-electron chi connectivity index (χ0n) is 13.2. The molecule has 0 fully saturated rings. The molecule has 0 bridgehead atoms. The van der Waals surface area contributed by atoms with Crippen LogP contribution in [-0.4, -0.2) is 13.4 Å². The molecule has 0 radical (unpaired) electrons. The average Bonchev–Trinajstić information content (AvgIpc) is 3.02. The number of sulfonamides is 1. The highest BCUT2D eigenvalue weighted by atomic mass is 32.2. The quantitative estimate of drug-likeness (QED) is 0.568. The Morgan fingerprint density at radius 1 is 1.08 bits per heavy atom. The van der Waals surface area contributed by atoms with Gasteiger partial charge in [0.05, 0.1) is 4.90 Å². The number of thiophene rings is 1.